The molecular weight excluding hydrogens is 268 g/mol. The Morgan fingerprint density at radius 3 is 2.80 bits per heavy atom. The molecule has 108 valence electrons. The molecular formula is C16H22N2OS. The van der Waals surface area contributed by atoms with Crippen LogP contribution in [0.2, 0.25) is 0 Å². The van der Waals surface area contributed by atoms with Gasteiger partial charge in [-0.15, -0.1) is 11.3 Å². The summed E-state index contributed by atoms with van der Waals surface area (Å²) in [5.74, 6) is 0. The van der Waals surface area contributed by atoms with Crippen LogP contribution < -0.4 is 5.73 Å². The summed E-state index contributed by atoms with van der Waals surface area (Å²) in [5.41, 5.74) is 7.15. The normalized spacial score (nSPS) is 16.2. The van der Waals surface area contributed by atoms with E-state index >= 15 is 0 Å². The number of nitrogens with two attached hydrogens (primary N) is 1. The molecule has 20 heavy (non-hydrogen) atoms. The van der Waals surface area contributed by atoms with E-state index in [1.54, 1.807) is 11.3 Å². The topological polar surface area (TPSA) is 38.5 Å². The second kappa shape index (κ2) is 6.68. The van der Waals surface area contributed by atoms with E-state index in [0.717, 1.165) is 13.2 Å². The first kappa shape index (κ1) is 14.0. The molecule has 3 nitrogen and oxygen atoms in total. The Labute approximate surface area is 124 Å². The number of likely N-dealkylation sites (tertiary alicyclic amines) is 1. The van der Waals surface area contributed by atoms with Crippen LogP contribution in [0.4, 0.5) is 0 Å². The van der Waals surface area contributed by atoms with Crippen LogP contribution in [0, 0.1) is 0 Å². The molecule has 4 heteroatoms. The van der Waals surface area contributed by atoms with Crippen LogP contribution in [0.25, 0.3) is 10.1 Å². The maximum absolute atomic E-state index is 5.90. The maximum atomic E-state index is 5.90. The molecule has 2 heterocycles. The number of benzene rings is 1. The fourth-order valence-electron chi connectivity index (χ4n) is 2.85. The Kier molecular flexibility index (Phi) is 4.68. The van der Waals surface area contributed by atoms with Crippen molar-refractivity contribution in [1.82, 2.24) is 4.90 Å². The number of rotatable bonds is 6. The molecule has 0 aliphatic carbocycles. The average molecular weight is 290 g/mol. The van der Waals surface area contributed by atoms with E-state index in [0.29, 0.717) is 13.2 Å². The zero-order valence-corrected chi connectivity index (χ0v) is 12.6. The molecule has 0 bridgehead atoms. The summed E-state index contributed by atoms with van der Waals surface area (Å²) in [6, 6.07) is 8.50. The van der Waals surface area contributed by atoms with Crippen molar-refractivity contribution in [2.75, 3.05) is 26.2 Å². The van der Waals surface area contributed by atoms with Gasteiger partial charge in [0.25, 0.3) is 0 Å². The van der Waals surface area contributed by atoms with Gasteiger partial charge in [-0.1, -0.05) is 18.2 Å². The molecule has 0 saturated carbocycles. The molecule has 1 saturated heterocycles. The van der Waals surface area contributed by atoms with E-state index in [4.69, 9.17) is 10.5 Å². The molecule has 2 aromatic rings. The van der Waals surface area contributed by atoms with E-state index in [-0.39, 0.29) is 0 Å². The standard InChI is InChI=1S/C16H22N2OS/c17-11-16-14(13-5-1-2-6-15(13)20-16)12-19-10-9-18-7-3-4-8-18/h1-2,5-6H,3-4,7-12,17H2. The summed E-state index contributed by atoms with van der Waals surface area (Å²) in [6.07, 6.45) is 2.68. The molecule has 3 rings (SSSR count). The van der Waals surface area contributed by atoms with Gasteiger partial charge in [0.05, 0.1) is 13.2 Å². The van der Waals surface area contributed by atoms with E-state index in [2.05, 4.69) is 29.2 Å². The molecule has 0 radical (unpaired) electrons. The van der Waals surface area contributed by atoms with Gasteiger partial charge in [0.2, 0.25) is 0 Å². The first-order valence-corrected chi connectivity index (χ1v) is 8.19. The van der Waals surface area contributed by atoms with Crippen molar-refractivity contribution in [3.05, 3.63) is 34.7 Å². The molecule has 0 atom stereocenters. The minimum atomic E-state index is 0.601. The Hall–Kier alpha value is -0.940. The zero-order chi connectivity index (χ0) is 13.8. The Morgan fingerprint density at radius 2 is 2.00 bits per heavy atom. The molecule has 1 aromatic heterocycles. The van der Waals surface area contributed by atoms with Crippen molar-refractivity contribution in [3.8, 4) is 0 Å². The molecule has 0 unspecified atom stereocenters. The second-order valence-corrected chi connectivity index (χ2v) is 6.44. The maximum Gasteiger partial charge on any atom is 0.0734 e. The van der Waals surface area contributed by atoms with E-state index in [9.17, 15) is 0 Å². The lowest BCUT2D eigenvalue weighted by Crippen LogP contribution is -2.24. The highest BCUT2D eigenvalue weighted by Gasteiger charge is 2.12. The van der Waals surface area contributed by atoms with Crippen LogP contribution in [0.3, 0.4) is 0 Å². The monoisotopic (exact) mass is 290 g/mol. The summed E-state index contributed by atoms with van der Waals surface area (Å²) in [7, 11) is 0. The number of hydrogen-bond donors (Lipinski definition) is 1. The second-order valence-electron chi connectivity index (χ2n) is 5.31. The van der Waals surface area contributed by atoms with Crippen LogP contribution in [0.5, 0.6) is 0 Å². The third-order valence-electron chi connectivity index (χ3n) is 3.96. The van der Waals surface area contributed by atoms with E-state index in [1.807, 2.05) is 0 Å². The van der Waals surface area contributed by atoms with Gasteiger partial charge in [-0.05, 0) is 37.4 Å². The van der Waals surface area contributed by atoms with Crippen molar-refractivity contribution < 1.29 is 4.74 Å². The smallest absolute Gasteiger partial charge is 0.0734 e. The molecule has 0 amide bonds. The largest absolute Gasteiger partial charge is 0.375 e. The fourth-order valence-corrected chi connectivity index (χ4v) is 3.94. The summed E-state index contributed by atoms with van der Waals surface area (Å²) >= 11 is 1.79. The molecule has 1 aromatic carbocycles. The number of hydrogen-bond acceptors (Lipinski definition) is 4. The summed E-state index contributed by atoms with van der Waals surface area (Å²) in [4.78, 5) is 3.74. The number of fused-ring (bicyclic) bond motifs is 1. The highest BCUT2D eigenvalue weighted by molar-refractivity contribution is 7.19. The molecule has 2 N–H and O–H groups in total. The van der Waals surface area contributed by atoms with Crippen molar-refractivity contribution in [3.63, 3.8) is 0 Å². The number of thiophene rings is 1. The average Bonchev–Trinajstić information content (AvgIpc) is 3.11. The van der Waals surface area contributed by atoms with Crippen LogP contribution in [-0.2, 0) is 17.9 Å². The lowest BCUT2D eigenvalue weighted by Gasteiger charge is -2.14. The molecule has 1 aliphatic rings. The summed E-state index contributed by atoms with van der Waals surface area (Å²) in [5, 5.41) is 1.30. The van der Waals surface area contributed by atoms with Gasteiger partial charge in [-0.25, -0.2) is 0 Å². The predicted octanol–water partition coefficient (Wildman–Crippen LogP) is 2.97. The Morgan fingerprint density at radius 1 is 1.20 bits per heavy atom. The van der Waals surface area contributed by atoms with Gasteiger partial charge in [0, 0.05) is 28.2 Å². The number of ether oxygens (including phenoxy) is 1. The Balaban J connectivity index is 1.61. The highest BCUT2D eigenvalue weighted by atomic mass is 32.1. The van der Waals surface area contributed by atoms with Gasteiger partial charge in [0.1, 0.15) is 0 Å². The quantitative estimate of drug-likeness (QED) is 0.831. The third kappa shape index (κ3) is 3.04. The summed E-state index contributed by atoms with van der Waals surface area (Å²) < 4.78 is 7.21. The van der Waals surface area contributed by atoms with Crippen molar-refractivity contribution >= 4 is 21.4 Å². The van der Waals surface area contributed by atoms with Crippen molar-refractivity contribution in [1.29, 1.82) is 0 Å². The lowest BCUT2D eigenvalue weighted by atomic mass is 10.1. The Bertz CT molecular complexity index is 561. The third-order valence-corrected chi connectivity index (χ3v) is 5.20. The molecule has 1 aliphatic heterocycles. The SMILES string of the molecule is NCc1sc2ccccc2c1COCCN1CCCC1. The predicted molar refractivity (Wildman–Crippen MR) is 85.0 cm³/mol. The minimum Gasteiger partial charge on any atom is -0.375 e. The van der Waals surface area contributed by atoms with Gasteiger partial charge >= 0.3 is 0 Å². The highest BCUT2D eigenvalue weighted by Crippen LogP contribution is 2.31. The van der Waals surface area contributed by atoms with Crippen LogP contribution in [0.15, 0.2) is 24.3 Å². The fraction of sp³-hybridized carbons (Fsp3) is 0.500. The van der Waals surface area contributed by atoms with Gasteiger partial charge in [-0.2, -0.15) is 0 Å². The van der Waals surface area contributed by atoms with E-state index in [1.165, 1.54) is 46.5 Å². The number of nitrogens with zero attached hydrogens (tertiary/aromatic N) is 1. The van der Waals surface area contributed by atoms with Crippen LogP contribution >= 0.6 is 11.3 Å². The van der Waals surface area contributed by atoms with E-state index < -0.39 is 0 Å². The summed E-state index contributed by atoms with van der Waals surface area (Å²) in [6.45, 7) is 5.63. The van der Waals surface area contributed by atoms with Crippen molar-refractivity contribution in [2.24, 2.45) is 5.73 Å². The van der Waals surface area contributed by atoms with Gasteiger partial charge in [-0.3, -0.25) is 0 Å². The molecule has 0 spiro atoms. The zero-order valence-electron chi connectivity index (χ0n) is 11.8. The van der Waals surface area contributed by atoms with Gasteiger partial charge in [0.15, 0.2) is 0 Å². The first-order valence-electron chi connectivity index (χ1n) is 7.38. The lowest BCUT2D eigenvalue weighted by molar-refractivity contribution is 0.0997. The minimum absolute atomic E-state index is 0.601. The van der Waals surface area contributed by atoms with Crippen LogP contribution in [0.1, 0.15) is 23.3 Å². The van der Waals surface area contributed by atoms with Crippen LogP contribution in [-0.4, -0.2) is 31.1 Å². The molecule has 1 fully saturated rings. The first-order chi connectivity index (χ1) is 9.88. The van der Waals surface area contributed by atoms with Gasteiger partial charge < -0.3 is 15.4 Å². The van der Waals surface area contributed by atoms with Crippen molar-refractivity contribution in [2.45, 2.75) is 26.0 Å².